The van der Waals surface area contributed by atoms with E-state index < -0.39 is 0 Å². The van der Waals surface area contributed by atoms with Gasteiger partial charge in [0.05, 0.1) is 5.41 Å². The van der Waals surface area contributed by atoms with Gasteiger partial charge in [-0.2, -0.15) is 0 Å². The van der Waals surface area contributed by atoms with E-state index in [0.29, 0.717) is 0 Å². The molecule has 1 heterocycles. The third-order valence-electron chi connectivity index (χ3n) is 2.62. The zero-order valence-corrected chi connectivity index (χ0v) is 8.50. The zero-order chi connectivity index (χ0) is 10.2. The minimum atomic E-state index is -0.284. The fourth-order valence-corrected chi connectivity index (χ4v) is 1.68. The van der Waals surface area contributed by atoms with E-state index >= 15 is 0 Å². The van der Waals surface area contributed by atoms with Gasteiger partial charge in [-0.05, 0) is 25.0 Å². The highest BCUT2D eigenvalue weighted by Crippen LogP contribution is 2.47. The predicted molar refractivity (Wildman–Crippen MR) is 53.5 cm³/mol. The number of H-pyrrole nitrogens is 1. The van der Waals surface area contributed by atoms with Crippen molar-refractivity contribution >= 4 is 5.91 Å². The van der Waals surface area contributed by atoms with Crippen molar-refractivity contribution in [2.75, 3.05) is 14.1 Å². The molecule has 1 aromatic heterocycles. The number of aromatic amines is 1. The van der Waals surface area contributed by atoms with Gasteiger partial charge in [-0.25, -0.2) is 5.01 Å². The normalized spacial score (nSPS) is 18.2. The van der Waals surface area contributed by atoms with Crippen LogP contribution in [0.1, 0.15) is 18.5 Å². The summed E-state index contributed by atoms with van der Waals surface area (Å²) in [7, 11) is 3.64. The molecule has 4 nitrogen and oxygen atoms in total. The van der Waals surface area contributed by atoms with Crippen molar-refractivity contribution in [3.05, 3.63) is 24.0 Å². The lowest BCUT2D eigenvalue weighted by Gasteiger charge is -2.17. The van der Waals surface area contributed by atoms with E-state index in [0.717, 1.165) is 18.5 Å². The second kappa shape index (κ2) is 3.13. The fourth-order valence-electron chi connectivity index (χ4n) is 1.68. The first kappa shape index (κ1) is 9.27. The Morgan fingerprint density at radius 1 is 1.57 bits per heavy atom. The van der Waals surface area contributed by atoms with Crippen LogP contribution in [0.15, 0.2) is 18.3 Å². The molecule has 0 bridgehead atoms. The molecule has 0 unspecified atom stereocenters. The molecule has 76 valence electrons. The predicted octanol–water partition coefficient (Wildman–Crippen LogP) is 0.639. The Morgan fingerprint density at radius 3 is 2.71 bits per heavy atom. The summed E-state index contributed by atoms with van der Waals surface area (Å²) in [5.74, 6) is 0.0879. The van der Waals surface area contributed by atoms with Crippen molar-refractivity contribution in [2.24, 2.45) is 0 Å². The number of hydrogen-bond donors (Lipinski definition) is 2. The summed E-state index contributed by atoms with van der Waals surface area (Å²) in [4.78, 5) is 15.0. The summed E-state index contributed by atoms with van der Waals surface area (Å²) in [5, 5.41) is 1.69. The topological polar surface area (TPSA) is 48.1 Å². The van der Waals surface area contributed by atoms with Crippen LogP contribution in [0.5, 0.6) is 0 Å². The molecule has 2 rings (SSSR count). The highest BCUT2D eigenvalue weighted by molar-refractivity contribution is 5.90. The lowest BCUT2D eigenvalue weighted by atomic mass is 10.0. The molecule has 0 radical (unpaired) electrons. The van der Waals surface area contributed by atoms with Crippen molar-refractivity contribution in [2.45, 2.75) is 18.3 Å². The van der Waals surface area contributed by atoms with Crippen LogP contribution >= 0.6 is 0 Å². The first-order chi connectivity index (χ1) is 6.65. The van der Waals surface area contributed by atoms with Gasteiger partial charge in [0.1, 0.15) is 0 Å². The van der Waals surface area contributed by atoms with Crippen molar-refractivity contribution in [1.29, 1.82) is 0 Å². The summed E-state index contributed by atoms with van der Waals surface area (Å²) in [5.41, 5.74) is 3.55. The Hall–Kier alpha value is -1.29. The summed E-state index contributed by atoms with van der Waals surface area (Å²) in [6.07, 6.45) is 3.73. The van der Waals surface area contributed by atoms with Gasteiger partial charge in [0.25, 0.3) is 0 Å². The molecule has 0 saturated heterocycles. The lowest BCUT2D eigenvalue weighted by Crippen LogP contribution is -2.42. The van der Waals surface area contributed by atoms with E-state index in [1.54, 1.807) is 5.01 Å². The number of hydrazine groups is 1. The molecular weight excluding hydrogens is 178 g/mol. The van der Waals surface area contributed by atoms with Crippen molar-refractivity contribution in [3.8, 4) is 0 Å². The van der Waals surface area contributed by atoms with Crippen LogP contribution in [0, 0.1) is 0 Å². The smallest absolute Gasteiger partial charge is 0.246 e. The monoisotopic (exact) mass is 193 g/mol. The van der Waals surface area contributed by atoms with Gasteiger partial charge in [-0.15, -0.1) is 0 Å². The maximum atomic E-state index is 11.9. The molecule has 4 heteroatoms. The largest absolute Gasteiger partial charge is 0.364 e. The van der Waals surface area contributed by atoms with Crippen LogP contribution in [0.2, 0.25) is 0 Å². The van der Waals surface area contributed by atoms with E-state index in [2.05, 4.69) is 10.4 Å². The standard InChI is InChI=1S/C10H15N3O/c1-13(2)12-9(14)10(5-6-10)8-4-3-7-11-8/h3-4,7,11H,5-6H2,1-2H3,(H,12,14). The molecule has 0 atom stereocenters. The van der Waals surface area contributed by atoms with Gasteiger partial charge in [0, 0.05) is 26.0 Å². The minimum absolute atomic E-state index is 0.0879. The van der Waals surface area contributed by atoms with E-state index in [9.17, 15) is 4.79 Å². The van der Waals surface area contributed by atoms with Crippen molar-refractivity contribution in [1.82, 2.24) is 15.4 Å². The van der Waals surface area contributed by atoms with Gasteiger partial charge < -0.3 is 4.98 Å². The number of nitrogens with zero attached hydrogens (tertiary/aromatic N) is 1. The van der Waals surface area contributed by atoms with Crippen molar-refractivity contribution in [3.63, 3.8) is 0 Å². The molecule has 1 aromatic rings. The average Bonchev–Trinajstić information content (AvgIpc) is 2.74. The summed E-state index contributed by atoms with van der Waals surface area (Å²) in [6.45, 7) is 0. The van der Waals surface area contributed by atoms with E-state index in [1.165, 1.54) is 0 Å². The molecule has 0 aliphatic heterocycles. The van der Waals surface area contributed by atoms with E-state index in [-0.39, 0.29) is 11.3 Å². The van der Waals surface area contributed by atoms with Gasteiger partial charge >= 0.3 is 0 Å². The minimum Gasteiger partial charge on any atom is -0.364 e. The third kappa shape index (κ3) is 1.42. The van der Waals surface area contributed by atoms with Gasteiger partial charge in [0.2, 0.25) is 5.91 Å². The summed E-state index contributed by atoms with van der Waals surface area (Å²) < 4.78 is 0. The van der Waals surface area contributed by atoms with E-state index in [4.69, 9.17) is 0 Å². The second-order valence-corrected chi connectivity index (χ2v) is 4.00. The Balaban J connectivity index is 2.14. The Labute approximate surface area is 83.3 Å². The van der Waals surface area contributed by atoms with E-state index in [1.807, 2.05) is 32.4 Å². The molecule has 0 aromatic carbocycles. The van der Waals surface area contributed by atoms with Crippen LogP contribution in [0.3, 0.4) is 0 Å². The highest BCUT2D eigenvalue weighted by Gasteiger charge is 2.52. The Kier molecular flexibility index (Phi) is 2.07. The summed E-state index contributed by atoms with van der Waals surface area (Å²) >= 11 is 0. The number of hydrogen-bond acceptors (Lipinski definition) is 2. The fraction of sp³-hybridized carbons (Fsp3) is 0.500. The molecule has 14 heavy (non-hydrogen) atoms. The molecule has 1 amide bonds. The van der Waals surface area contributed by atoms with Crippen LogP contribution in [0.25, 0.3) is 0 Å². The number of carbonyl (C=O) groups excluding carboxylic acids is 1. The molecular formula is C10H15N3O. The highest BCUT2D eigenvalue weighted by atomic mass is 16.2. The first-order valence-electron chi connectivity index (χ1n) is 4.77. The zero-order valence-electron chi connectivity index (χ0n) is 8.50. The lowest BCUT2D eigenvalue weighted by molar-refractivity contribution is -0.127. The second-order valence-electron chi connectivity index (χ2n) is 4.00. The molecule has 0 spiro atoms. The number of amides is 1. The first-order valence-corrected chi connectivity index (χ1v) is 4.77. The Morgan fingerprint density at radius 2 is 2.29 bits per heavy atom. The molecule has 2 N–H and O–H groups in total. The third-order valence-corrected chi connectivity index (χ3v) is 2.62. The van der Waals surface area contributed by atoms with Crippen LogP contribution in [-0.2, 0) is 10.2 Å². The average molecular weight is 193 g/mol. The van der Waals surface area contributed by atoms with Crippen LogP contribution in [-0.4, -0.2) is 30.0 Å². The number of aromatic nitrogens is 1. The van der Waals surface area contributed by atoms with Gasteiger partial charge in [0.15, 0.2) is 0 Å². The molecule has 1 fully saturated rings. The van der Waals surface area contributed by atoms with Gasteiger partial charge in [-0.3, -0.25) is 10.2 Å². The maximum Gasteiger partial charge on any atom is 0.246 e. The summed E-state index contributed by atoms with van der Waals surface area (Å²) in [6, 6.07) is 3.90. The van der Waals surface area contributed by atoms with Crippen LogP contribution in [0.4, 0.5) is 0 Å². The SMILES string of the molecule is CN(C)NC(=O)C1(c2ccc[nH]2)CC1. The molecule has 1 aliphatic carbocycles. The number of rotatable bonds is 3. The van der Waals surface area contributed by atoms with Gasteiger partial charge in [-0.1, -0.05) is 0 Å². The maximum absolute atomic E-state index is 11.9. The van der Waals surface area contributed by atoms with Crippen molar-refractivity contribution < 1.29 is 4.79 Å². The van der Waals surface area contributed by atoms with Crippen LogP contribution < -0.4 is 5.43 Å². The Bertz CT molecular complexity index is 325. The number of carbonyl (C=O) groups is 1. The number of nitrogens with one attached hydrogen (secondary N) is 2. The molecule has 1 saturated carbocycles. The quantitative estimate of drug-likeness (QED) is 0.692. The molecule has 1 aliphatic rings.